The molecule has 2 aromatic heterocycles. The molecule has 1 aromatic carbocycles. The van der Waals surface area contributed by atoms with Gasteiger partial charge in [0.2, 0.25) is 11.7 Å². The molecule has 2 heterocycles. The van der Waals surface area contributed by atoms with Crippen molar-refractivity contribution in [2.45, 2.75) is 85.0 Å². The Morgan fingerprint density at radius 2 is 1.86 bits per heavy atom. The van der Waals surface area contributed by atoms with Crippen LogP contribution in [0.15, 0.2) is 27.8 Å². The number of aromatic nitrogens is 4. The number of fused-ring (bicyclic) bond motifs is 3. The van der Waals surface area contributed by atoms with E-state index in [4.69, 9.17) is 0 Å². The highest BCUT2D eigenvalue weighted by Crippen LogP contribution is 2.19. The number of rotatable bonds is 8. The molecule has 1 aliphatic rings. The molecular weight excluding hydrogens is 448 g/mol. The minimum Gasteiger partial charge on any atom is -0.352 e. The van der Waals surface area contributed by atoms with Crippen LogP contribution in [0.25, 0.3) is 16.7 Å². The monoisotopic (exact) mass is 482 g/mol. The van der Waals surface area contributed by atoms with Crippen molar-refractivity contribution in [2.24, 2.45) is 5.92 Å². The Morgan fingerprint density at radius 1 is 1.14 bits per heavy atom. The van der Waals surface area contributed by atoms with Crippen molar-refractivity contribution in [3.05, 3.63) is 44.6 Å². The fraction of sp³-hybridized carbons (Fsp3) is 0.560. The third kappa shape index (κ3) is 5.01. The highest BCUT2D eigenvalue weighted by molar-refractivity contribution is 5.98. The van der Waals surface area contributed by atoms with Gasteiger partial charge < -0.3 is 10.6 Å². The highest BCUT2D eigenvalue weighted by atomic mass is 16.2. The molecule has 188 valence electrons. The minimum atomic E-state index is -0.532. The van der Waals surface area contributed by atoms with Crippen LogP contribution in [0.5, 0.6) is 0 Å². The van der Waals surface area contributed by atoms with Crippen LogP contribution in [0.2, 0.25) is 0 Å². The van der Waals surface area contributed by atoms with Crippen LogP contribution in [0.3, 0.4) is 0 Å². The van der Waals surface area contributed by atoms with Gasteiger partial charge in [0.05, 0.1) is 10.9 Å². The average molecular weight is 483 g/mol. The molecule has 1 unspecified atom stereocenters. The summed E-state index contributed by atoms with van der Waals surface area (Å²) in [5, 5.41) is 10.6. The standard InChI is InChI=1S/C25H34N6O4/c1-5-16(4)26-21(32)14-30-25(35)31-20-12-17(22(33)27-18-8-6-7-9-18)10-11-19(20)23(34)29(13-15(2)3)24(31)28-30/h10-12,15-16,18H,5-9,13-14H2,1-4H3,(H,26,32)(H,27,33). The van der Waals surface area contributed by atoms with E-state index in [1.807, 2.05) is 27.7 Å². The zero-order valence-corrected chi connectivity index (χ0v) is 20.8. The van der Waals surface area contributed by atoms with E-state index in [1.165, 1.54) is 8.97 Å². The Balaban J connectivity index is 1.84. The average Bonchev–Trinajstić information content (AvgIpc) is 3.44. The SMILES string of the molecule is CCC(C)NC(=O)Cn1nc2n(CC(C)C)c(=O)c3ccc(C(=O)NC4CCCC4)cc3n2c1=O. The number of carbonyl (C=O) groups excluding carboxylic acids is 2. The summed E-state index contributed by atoms with van der Waals surface area (Å²) in [6.45, 7) is 7.88. The smallest absolute Gasteiger partial charge is 0.352 e. The maximum absolute atomic E-state index is 13.4. The zero-order valence-electron chi connectivity index (χ0n) is 20.8. The molecule has 0 saturated heterocycles. The van der Waals surface area contributed by atoms with E-state index in [9.17, 15) is 19.2 Å². The lowest BCUT2D eigenvalue weighted by molar-refractivity contribution is -0.122. The summed E-state index contributed by atoms with van der Waals surface area (Å²) in [5.41, 5.74) is -0.135. The number of amides is 2. The normalized spacial score (nSPS) is 15.2. The second-order valence-electron chi connectivity index (χ2n) is 9.95. The van der Waals surface area contributed by atoms with Gasteiger partial charge in [0.15, 0.2) is 0 Å². The predicted octanol–water partition coefficient (Wildman–Crippen LogP) is 2.05. The summed E-state index contributed by atoms with van der Waals surface area (Å²) in [6.07, 6.45) is 4.86. The Labute approximate surface area is 203 Å². The maximum atomic E-state index is 13.4. The first kappa shape index (κ1) is 24.7. The van der Waals surface area contributed by atoms with E-state index in [2.05, 4.69) is 15.7 Å². The molecular formula is C25H34N6O4. The van der Waals surface area contributed by atoms with Gasteiger partial charge >= 0.3 is 5.69 Å². The van der Waals surface area contributed by atoms with Gasteiger partial charge in [0, 0.05) is 24.2 Å². The van der Waals surface area contributed by atoms with Crippen molar-refractivity contribution in [2.75, 3.05) is 0 Å². The Kier molecular flexibility index (Phi) is 7.09. The van der Waals surface area contributed by atoms with Crippen molar-refractivity contribution in [1.82, 2.24) is 29.4 Å². The van der Waals surface area contributed by atoms with Crippen LogP contribution in [0.4, 0.5) is 0 Å². The van der Waals surface area contributed by atoms with Gasteiger partial charge in [-0.2, -0.15) is 0 Å². The summed E-state index contributed by atoms with van der Waals surface area (Å²) in [6, 6.07) is 4.90. The molecule has 35 heavy (non-hydrogen) atoms. The van der Waals surface area contributed by atoms with Gasteiger partial charge in [-0.05, 0) is 50.3 Å². The summed E-state index contributed by atoms with van der Waals surface area (Å²) in [7, 11) is 0. The van der Waals surface area contributed by atoms with Crippen LogP contribution >= 0.6 is 0 Å². The van der Waals surface area contributed by atoms with Crippen LogP contribution in [-0.2, 0) is 17.9 Å². The molecule has 1 fully saturated rings. The van der Waals surface area contributed by atoms with Gasteiger partial charge in [-0.3, -0.25) is 19.0 Å². The molecule has 0 spiro atoms. The first-order chi connectivity index (χ1) is 16.7. The molecule has 2 amide bonds. The molecule has 2 N–H and O–H groups in total. The number of hydrogen-bond acceptors (Lipinski definition) is 5. The second kappa shape index (κ2) is 10.1. The lowest BCUT2D eigenvalue weighted by Crippen LogP contribution is -2.37. The number of nitrogens with one attached hydrogen (secondary N) is 2. The molecule has 3 aromatic rings. The summed E-state index contributed by atoms with van der Waals surface area (Å²) in [4.78, 5) is 52.2. The molecule has 0 aliphatic heterocycles. The van der Waals surface area contributed by atoms with Gasteiger partial charge in [-0.15, -0.1) is 5.10 Å². The number of nitrogens with zero attached hydrogens (tertiary/aromatic N) is 4. The first-order valence-electron chi connectivity index (χ1n) is 12.5. The fourth-order valence-electron chi connectivity index (χ4n) is 4.59. The van der Waals surface area contributed by atoms with Crippen molar-refractivity contribution >= 4 is 28.5 Å². The molecule has 10 heteroatoms. The molecule has 1 aliphatic carbocycles. The zero-order chi connectivity index (χ0) is 25.3. The van der Waals surface area contributed by atoms with E-state index in [0.717, 1.165) is 36.8 Å². The largest absolute Gasteiger partial charge is 0.352 e. The topological polar surface area (TPSA) is 120 Å². The fourth-order valence-corrected chi connectivity index (χ4v) is 4.59. The lowest BCUT2D eigenvalue weighted by atomic mass is 10.1. The van der Waals surface area contributed by atoms with Crippen molar-refractivity contribution in [1.29, 1.82) is 0 Å². The van der Waals surface area contributed by atoms with Gasteiger partial charge in [-0.1, -0.05) is 33.6 Å². The molecule has 0 bridgehead atoms. The second-order valence-corrected chi connectivity index (χ2v) is 9.95. The third-order valence-electron chi connectivity index (χ3n) is 6.59. The number of hydrogen-bond donors (Lipinski definition) is 2. The van der Waals surface area contributed by atoms with E-state index >= 15 is 0 Å². The van der Waals surface area contributed by atoms with Crippen molar-refractivity contribution in [3.8, 4) is 0 Å². The third-order valence-corrected chi connectivity index (χ3v) is 6.59. The summed E-state index contributed by atoms with van der Waals surface area (Å²) < 4.78 is 3.88. The van der Waals surface area contributed by atoms with Crippen LogP contribution in [-0.4, -0.2) is 42.6 Å². The number of benzene rings is 1. The van der Waals surface area contributed by atoms with E-state index in [0.29, 0.717) is 23.0 Å². The Morgan fingerprint density at radius 3 is 2.51 bits per heavy atom. The van der Waals surface area contributed by atoms with Gasteiger partial charge in [0.25, 0.3) is 11.5 Å². The molecule has 1 atom stereocenters. The number of carbonyl (C=O) groups is 2. The molecule has 1 saturated carbocycles. The Bertz CT molecular complexity index is 1380. The summed E-state index contributed by atoms with van der Waals surface area (Å²) >= 11 is 0. The minimum absolute atomic E-state index is 0.0314. The van der Waals surface area contributed by atoms with E-state index < -0.39 is 5.69 Å². The highest BCUT2D eigenvalue weighted by Gasteiger charge is 2.22. The molecule has 4 rings (SSSR count). The predicted molar refractivity (Wildman–Crippen MR) is 134 cm³/mol. The molecule has 0 radical (unpaired) electrons. The quantitative estimate of drug-likeness (QED) is 0.509. The molecule has 10 nitrogen and oxygen atoms in total. The van der Waals surface area contributed by atoms with Crippen molar-refractivity contribution in [3.63, 3.8) is 0 Å². The lowest BCUT2D eigenvalue weighted by Gasteiger charge is -2.14. The van der Waals surface area contributed by atoms with E-state index in [-0.39, 0.29) is 47.7 Å². The van der Waals surface area contributed by atoms with Crippen molar-refractivity contribution < 1.29 is 9.59 Å². The van der Waals surface area contributed by atoms with E-state index in [1.54, 1.807) is 18.2 Å². The van der Waals surface area contributed by atoms with Crippen LogP contribution in [0.1, 0.15) is 70.2 Å². The Hall–Kier alpha value is -3.43. The van der Waals surface area contributed by atoms with Crippen LogP contribution < -0.4 is 21.9 Å². The van der Waals surface area contributed by atoms with Crippen LogP contribution in [0, 0.1) is 5.92 Å². The first-order valence-corrected chi connectivity index (χ1v) is 12.5. The summed E-state index contributed by atoms with van der Waals surface area (Å²) in [5.74, 6) is -0.277. The van der Waals surface area contributed by atoms with Gasteiger partial charge in [-0.25, -0.2) is 13.9 Å². The maximum Gasteiger partial charge on any atom is 0.352 e. The van der Waals surface area contributed by atoms with Gasteiger partial charge in [0.1, 0.15) is 6.54 Å².